The fraction of sp³-hybridized carbons (Fsp3) is 0.250. The van der Waals surface area contributed by atoms with Gasteiger partial charge in [-0.1, -0.05) is 0 Å². The zero-order valence-corrected chi connectivity index (χ0v) is 18.8. The number of aryl methyl sites for hydroxylation is 2. The Kier molecular flexibility index (Phi) is 8.77. The number of hydrogen-bond donors (Lipinski definition) is 6. The number of carbonyl (C=O) groups excluding carboxylic acids is 4. The summed E-state index contributed by atoms with van der Waals surface area (Å²) >= 11 is 0. The highest BCUT2D eigenvalue weighted by atomic mass is 16.3. The number of phenolic OH excluding ortho intramolecular Hbond substituents is 2. The predicted octanol–water partition coefficient (Wildman–Crippen LogP) is 1.79. The van der Waals surface area contributed by atoms with Crippen LogP contribution in [-0.4, -0.2) is 59.1 Å². The molecule has 0 aliphatic heterocycles. The largest absolute Gasteiger partial charge is 0.507 e. The third kappa shape index (κ3) is 6.35. The lowest BCUT2D eigenvalue weighted by molar-refractivity contribution is -0.139. The number of phenols is 2. The summed E-state index contributed by atoms with van der Waals surface area (Å²) in [5.74, 6) is -2.07. The topological polar surface area (TPSA) is 180 Å². The van der Waals surface area contributed by atoms with E-state index in [0.29, 0.717) is 34.8 Å². The summed E-state index contributed by atoms with van der Waals surface area (Å²) in [6.07, 6.45) is 1.20. The quantitative estimate of drug-likeness (QED) is 0.176. The number of hydrogen-bond acceptors (Lipinski definition) is 8. The maximum absolute atomic E-state index is 12.0. The first kappa shape index (κ1) is 25.9. The standard InChI is InChI=1S/C24H26N4O6/c1-13-7-15(9-17(11-29)21(13)31)19(25)3-5-27-23(33)24(34)28-6-4-20(26)16-8-14(2)22(32)18(10-16)12-30/h7-12,25-26,31-32H,3-6H2,1-2H3,(H,27,33)(H,28,34). The molecule has 0 atom stereocenters. The van der Waals surface area contributed by atoms with Crippen LogP contribution in [0, 0.1) is 24.7 Å². The van der Waals surface area contributed by atoms with E-state index in [1.54, 1.807) is 26.0 Å². The Morgan fingerprint density at radius 1 is 0.765 bits per heavy atom. The van der Waals surface area contributed by atoms with Crippen LogP contribution < -0.4 is 10.6 Å². The molecule has 0 bridgehead atoms. The van der Waals surface area contributed by atoms with Crippen molar-refractivity contribution in [1.29, 1.82) is 10.8 Å². The van der Waals surface area contributed by atoms with Crippen molar-refractivity contribution < 1.29 is 29.4 Å². The molecule has 0 spiro atoms. The molecule has 178 valence electrons. The van der Waals surface area contributed by atoms with E-state index in [1.807, 2.05) is 0 Å². The Bertz CT molecular complexity index is 1080. The average molecular weight is 466 g/mol. The van der Waals surface area contributed by atoms with E-state index in [4.69, 9.17) is 10.8 Å². The van der Waals surface area contributed by atoms with Crippen molar-refractivity contribution in [2.45, 2.75) is 26.7 Å². The molecule has 0 fully saturated rings. The van der Waals surface area contributed by atoms with Gasteiger partial charge in [0.05, 0.1) is 11.1 Å². The first-order chi connectivity index (χ1) is 16.1. The lowest BCUT2D eigenvalue weighted by Crippen LogP contribution is -2.41. The normalized spacial score (nSPS) is 10.3. The maximum Gasteiger partial charge on any atom is 0.309 e. The Labute approximate surface area is 196 Å². The second-order valence-electron chi connectivity index (χ2n) is 7.67. The molecule has 6 N–H and O–H groups in total. The van der Waals surface area contributed by atoms with Gasteiger partial charge < -0.3 is 31.7 Å². The molecule has 2 rings (SSSR count). The minimum Gasteiger partial charge on any atom is -0.507 e. The number of carbonyl (C=O) groups is 4. The van der Waals surface area contributed by atoms with Crippen LogP contribution in [0.4, 0.5) is 0 Å². The van der Waals surface area contributed by atoms with Gasteiger partial charge >= 0.3 is 11.8 Å². The van der Waals surface area contributed by atoms with Crippen molar-refractivity contribution in [1.82, 2.24) is 10.6 Å². The minimum atomic E-state index is -0.890. The summed E-state index contributed by atoms with van der Waals surface area (Å²) in [5, 5.41) is 40.6. The van der Waals surface area contributed by atoms with Crippen LogP contribution in [0.1, 0.15) is 55.8 Å². The molecular formula is C24H26N4O6. The van der Waals surface area contributed by atoms with Crippen LogP contribution in [0.15, 0.2) is 24.3 Å². The van der Waals surface area contributed by atoms with E-state index in [9.17, 15) is 29.4 Å². The summed E-state index contributed by atoms with van der Waals surface area (Å²) < 4.78 is 0. The second-order valence-corrected chi connectivity index (χ2v) is 7.67. The van der Waals surface area contributed by atoms with Crippen molar-refractivity contribution in [3.8, 4) is 11.5 Å². The van der Waals surface area contributed by atoms with Gasteiger partial charge in [0.15, 0.2) is 12.6 Å². The van der Waals surface area contributed by atoms with E-state index >= 15 is 0 Å². The molecule has 0 unspecified atom stereocenters. The molecule has 0 aromatic heterocycles. The zero-order chi connectivity index (χ0) is 25.4. The smallest absolute Gasteiger partial charge is 0.309 e. The highest BCUT2D eigenvalue weighted by Crippen LogP contribution is 2.24. The summed E-state index contributed by atoms with van der Waals surface area (Å²) in [4.78, 5) is 46.0. The first-order valence-electron chi connectivity index (χ1n) is 10.4. The van der Waals surface area contributed by atoms with E-state index in [2.05, 4.69) is 10.6 Å². The second kappa shape index (κ2) is 11.5. The molecule has 0 aliphatic carbocycles. The van der Waals surface area contributed by atoms with Gasteiger partial charge in [-0.15, -0.1) is 0 Å². The molecule has 2 aromatic rings. The third-order valence-corrected chi connectivity index (χ3v) is 5.14. The lowest BCUT2D eigenvalue weighted by Gasteiger charge is -2.11. The lowest BCUT2D eigenvalue weighted by atomic mass is 10.0. The van der Waals surface area contributed by atoms with Crippen LogP contribution in [0.2, 0.25) is 0 Å². The number of amides is 2. The number of aldehydes is 2. The van der Waals surface area contributed by atoms with Gasteiger partial charge in [-0.3, -0.25) is 19.2 Å². The first-order valence-corrected chi connectivity index (χ1v) is 10.4. The summed E-state index contributed by atoms with van der Waals surface area (Å²) in [6, 6.07) is 5.88. The van der Waals surface area contributed by atoms with Crippen LogP contribution >= 0.6 is 0 Å². The van der Waals surface area contributed by atoms with Gasteiger partial charge in [0.1, 0.15) is 11.5 Å². The van der Waals surface area contributed by atoms with Crippen LogP contribution in [-0.2, 0) is 9.59 Å². The molecule has 34 heavy (non-hydrogen) atoms. The van der Waals surface area contributed by atoms with Crippen molar-refractivity contribution in [2.24, 2.45) is 0 Å². The van der Waals surface area contributed by atoms with Crippen LogP contribution in [0.3, 0.4) is 0 Å². The number of benzene rings is 2. The van der Waals surface area contributed by atoms with E-state index < -0.39 is 11.8 Å². The molecule has 0 aliphatic rings. The van der Waals surface area contributed by atoms with Gasteiger partial charge in [0.2, 0.25) is 0 Å². The minimum absolute atomic E-state index is 0.0124. The van der Waals surface area contributed by atoms with Crippen molar-refractivity contribution >= 4 is 35.8 Å². The van der Waals surface area contributed by atoms with E-state index in [1.165, 1.54) is 12.1 Å². The Morgan fingerprint density at radius 2 is 1.12 bits per heavy atom. The third-order valence-electron chi connectivity index (χ3n) is 5.14. The van der Waals surface area contributed by atoms with Crippen molar-refractivity contribution in [2.75, 3.05) is 13.1 Å². The van der Waals surface area contributed by atoms with Gasteiger partial charge in [0, 0.05) is 37.4 Å². The fourth-order valence-electron chi connectivity index (χ4n) is 3.19. The molecule has 10 nitrogen and oxygen atoms in total. The highest BCUT2D eigenvalue weighted by molar-refractivity contribution is 6.35. The van der Waals surface area contributed by atoms with Gasteiger partial charge in [-0.05, 0) is 60.4 Å². The highest BCUT2D eigenvalue weighted by Gasteiger charge is 2.15. The average Bonchev–Trinajstić information content (AvgIpc) is 2.81. The molecule has 0 heterocycles. The fourth-order valence-corrected chi connectivity index (χ4v) is 3.19. The van der Waals surface area contributed by atoms with Crippen molar-refractivity contribution in [3.63, 3.8) is 0 Å². The Balaban J connectivity index is 1.81. The molecule has 2 aromatic carbocycles. The predicted molar refractivity (Wildman–Crippen MR) is 125 cm³/mol. The molecule has 10 heteroatoms. The monoisotopic (exact) mass is 466 g/mol. The SMILES string of the molecule is Cc1cc(C(=N)CCNC(=O)C(=O)NCCC(=N)c2cc(C)c(O)c(C=O)c2)cc(C=O)c1O. The van der Waals surface area contributed by atoms with Gasteiger partial charge in [-0.25, -0.2) is 0 Å². The maximum atomic E-state index is 12.0. The van der Waals surface area contributed by atoms with Crippen LogP contribution in [0.5, 0.6) is 11.5 Å². The molecule has 2 amide bonds. The molecule has 0 saturated carbocycles. The molecular weight excluding hydrogens is 440 g/mol. The summed E-state index contributed by atoms with van der Waals surface area (Å²) in [5.41, 5.74) is 2.13. The van der Waals surface area contributed by atoms with Crippen molar-refractivity contribution in [3.05, 3.63) is 57.6 Å². The Hall–Kier alpha value is -4.34. The number of aromatic hydroxyl groups is 2. The summed E-state index contributed by atoms with van der Waals surface area (Å²) in [6.45, 7) is 3.24. The molecule has 0 saturated heterocycles. The summed E-state index contributed by atoms with van der Waals surface area (Å²) in [7, 11) is 0. The molecule has 0 radical (unpaired) electrons. The van der Waals surface area contributed by atoms with Gasteiger partial charge in [0.25, 0.3) is 0 Å². The number of rotatable bonds is 10. The van der Waals surface area contributed by atoms with Crippen LogP contribution in [0.25, 0.3) is 0 Å². The zero-order valence-electron chi connectivity index (χ0n) is 18.8. The van der Waals surface area contributed by atoms with E-state index in [0.717, 1.165) is 0 Å². The Morgan fingerprint density at radius 3 is 1.44 bits per heavy atom. The number of nitrogens with one attached hydrogen (secondary N) is 4. The van der Waals surface area contributed by atoms with Gasteiger partial charge in [-0.2, -0.15) is 0 Å². The van der Waals surface area contributed by atoms with E-state index in [-0.39, 0.29) is 60.0 Å².